The third-order valence-electron chi connectivity index (χ3n) is 3.17. The molecule has 1 fully saturated rings. The zero-order chi connectivity index (χ0) is 16.4. The summed E-state index contributed by atoms with van der Waals surface area (Å²) in [5, 5.41) is 8.74. The summed E-state index contributed by atoms with van der Waals surface area (Å²) in [4.78, 5) is 25.4. The molecule has 1 saturated heterocycles. The Morgan fingerprint density at radius 3 is 2.38 bits per heavy atom. The van der Waals surface area contributed by atoms with E-state index in [0.717, 1.165) is 4.90 Å². The predicted molar refractivity (Wildman–Crippen MR) is 73.1 cm³/mol. The summed E-state index contributed by atoms with van der Waals surface area (Å²) in [7, 11) is 0. The Hall–Kier alpha value is -1.12. The Morgan fingerprint density at radius 2 is 2.00 bits per heavy atom. The number of halogens is 3. The van der Waals surface area contributed by atoms with Gasteiger partial charge < -0.3 is 10.0 Å². The molecule has 0 radical (unpaired) electrons. The van der Waals surface area contributed by atoms with Gasteiger partial charge in [0.1, 0.15) is 12.6 Å². The Bertz CT molecular complexity index is 404. The highest BCUT2D eigenvalue weighted by Gasteiger charge is 2.45. The first-order valence-electron chi connectivity index (χ1n) is 6.58. The van der Waals surface area contributed by atoms with E-state index in [-0.39, 0.29) is 5.75 Å². The zero-order valence-corrected chi connectivity index (χ0v) is 12.9. The average molecular weight is 328 g/mol. The smallest absolute Gasteiger partial charge is 0.406 e. The molecule has 0 aromatic heterocycles. The van der Waals surface area contributed by atoms with Gasteiger partial charge >= 0.3 is 18.2 Å². The van der Waals surface area contributed by atoms with Crippen molar-refractivity contribution in [3.8, 4) is 0 Å². The second-order valence-corrected chi connectivity index (χ2v) is 6.29. The first kappa shape index (κ1) is 17.9. The van der Waals surface area contributed by atoms with Crippen LogP contribution in [-0.4, -0.2) is 62.8 Å². The lowest BCUT2D eigenvalue weighted by atomic mass is 10.2. The molecule has 2 atom stereocenters. The van der Waals surface area contributed by atoms with Gasteiger partial charge in [0, 0.05) is 11.8 Å². The lowest BCUT2D eigenvalue weighted by Crippen LogP contribution is -2.55. The number of aliphatic carboxylic acids is 1. The largest absolute Gasteiger partial charge is 0.480 e. The van der Waals surface area contributed by atoms with Gasteiger partial charge in [-0.25, -0.2) is 9.59 Å². The van der Waals surface area contributed by atoms with Gasteiger partial charge in [0.25, 0.3) is 0 Å². The second-order valence-electron chi connectivity index (χ2n) is 5.08. The van der Waals surface area contributed by atoms with E-state index >= 15 is 0 Å². The van der Waals surface area contributed by atoms with Crippen LogP contribution < -0.4 is 0 Å². The predicted octanol–water partition coefficient (Wildman–Crippen LogP) is 2.62. The molecule has 9 heteroatoms. The van der Waals surface area contributed by atoms with Crippen molar-refractivity contribution in [2.24, 2.45) is 0 Å². The molecule has 1 N–H and O–H groups in total. The maximum absolute atomic E-state index is 12.6. The minimum absolute atomic E-state index is 0.192. The van der Waals surface area contributed by atoms with Crippen molar-refractivity contribution in [1.82, 2.24) is 9.80 Å². The summed E-state index contributed by atoms with van der Waals surface area (Å²) in [6.45, 7) is 3.34. The average Bonchev–Trinajstić information content (AvgIpc) is 2.77. The molecule has 0 aromatic carbocycles. The molecule has 122 valence electrons. The molecule has 1 aliphatic heterocycles. The highest BCUT2D eigenvalue weighted by molar-refractivity contribution is 8.00. The molecular formula is C12H19F3N2O3S. The topological polar surface area (TPSA) is 60.9 Å². The van der Waals surface area contributed by atoms with Crippen LogP contribution in [0.4, 0.5) is 18.0 Å². The number of rotatable bonds is 4. The number of hydrogen-bond donors (Lipinski definition) is 1. The number of amides is 2. The summed E-state index contributed by atoms with van der Waals surface area (Å²) in [5.41, 5.74) is 0. The van der Waals surface area contributed by atoms with Crippen LogP contribution in [0.5, 0.6) is 0 Å². The molecule has 0 aliphatic carbocycles. The Labute approximate surface area is 125 Å². The molecule has 21 heavy (non-hydrogen) atoms. The number of alkyl halides is 3. The third-order valence-corrected chi connectivity index (χ3v) is 4.62. The van der Waals surface area contributed by atoms with E-state index in [1.807, 2.05) is 0 Å². The van der Waals surface area contributed by atoms with Crippen LogP contribution in [0, 0.1) is 0 Å². The van der Waals surface area contributed by atoms with Gasteiger partial charge in [-0.1, -0.05) is 6.92 Å². The fourth-order valence-corrected chi connectivity index (χ4v) is 3.48. The van der Waals surface area contributed by atoms with E-state index in [4.69, 9.17) is 5.11 Å². The summed E-state index contributed by atoms with van der Waals surface area (Å²) < 4.78 is 37.8. The molecule has 0 aromatic rings. The third kappa shape index (κ3) is 4.42. The van der Waals surface area contributed by atoms with E-state index in [9.17, 15) is 22.8 Å². The highest BCUT2D eigenvalue weighted by atomic mass is 32.2. The van der Waals surface area contributed by atoms with Crippen molar-refractivity contribution in [1.29, 1.82) is 0 Å². The van der Waals surface area contributed by atoms with Gasteiger partial charge in [-0.05, 0) is 20.3 Å². The van der Waals surface area contributed by atoms with E-state index in [0.29, 0.717) is 11.3 Å². The van der Waals surface area contributed by atoms with Crippen LogP contribution in [0.2, 0.25) is 0 Å². The Kier molecular flexibility index (Phi) is 5.77. The van der Waals surface area contributed by atoms with Crippen molar-refractivity contribution in [3.63, 3.8) is 0 Å². The van der Waals surface area contributed by atoms with Crippen LogP contribution in [0.3, 0.4) is 0 Å². The summed E-state index contributed by atoms with van der Waals surface area (Å²) in [6.07, 6.45) is -4.04. The summed E-state index contributed by atoms with van der Waals surface area (Å²) in [5.74, 6) is -1.00. The lowest BCUT2D eigenvalue weighted by molar-refractivity contribution is -0.146. The van der Waals surface area contributed by atoms with E-state index < -0.39 is 42.2 Å². The molecule has 2 amide bonds. The number of carbonyl (C=O) groups excluding carboxylic acids is 1. The molecule has 0 spiro atoms. The van der Waals surface area contributed by atoms with Gasteiger partial charge in [-0.15, -0.1) is 11.8 Å². The van der Waals surface area contributed by atoms with Gasteiger partial charge in [-0.3, -0.25) is 4.90 Å². The first-order valence-corrected chi connectivity index (χ1v) is 7.63. The van der Waals surface area contributed by atoms with Crippen molar-refractivity contribution < 1.29 is 27.9 Å². The maximum atomic E-state index is 12.6. The minimum atomic E-state index is -4.52. The molecule has 1 heterocycles. The second kappa shape index (κ2) is 6.76. The molecule has 1 aliphatic rings. The van der Waals surface area contributed by atoms with Crippen LogP contribution >= 0.6 is 11.8 Å². The highest BCUT2D eigenvalue weighted by Crippen LogP contribution is 2.33. The van der Waals surface area contributed by atoms with Gasteiger partial charge in [-0.2, -0.15) is 13.2 Å². The molecule has 0 bridgehead atoms. The summed E-state index contributed by atoms with van der Waals surface area (Å²) in [6, 6.07) is -2.62. The molecular weight excluding hydrogens is 309 g/mol. The van der Waals surface area contributed by atoms with Gasteiger partial charge in [0.15, 0.2) is 0 Å². The Balaban J connectivity index is 3.01. The number of carboxylic acids is 1. The number of hydrogen-bond acceptors (Lipinski definition) is 3. The van der Waals surface area contributed by atoms with Crippen molar-refractivity contribution in [2.75, 3.05) is 12.3 Å². The van der Waals surface area contributed by atoms with Gasteiger partial charge in [0.2, 0.25) is 0 Å². The standard InChI is InChI=1S/C12H19F3N2O3S/c1-4-9-17(8(5-21-9)10(18)19)11(20)16(7(2)3)6-12(13,14)15/h7-9H,4-6H2,1-3H3,(H,18,19). The number of thioether (sulfide) groups is 1. The molecule has 0 saturated carbocycles. The van der Waals surface area contributed by atoms with Crippen LogP contribution in [0.15, 0.2) is 0 Å². The van der Waals surface area contributed by atoms with Crippen molar-refractivity contribution in [2.45, 2.75) is 50.8 Å². The quantitative estimate of drug-likeness (QED) is 0.862. The van der Waals surface area contributed by atoms with Crippen LogP contribution in [0.25, 0.3) is 0 Å². The monoisotopic (exact) mass is 328 g/mol. The van der Waals surface area contributed by atoms with Crippen molar-refractivity contribution in [3.05, 3.63) is 0 Å². The SMILES string of the molecule is CCC1SCC(C(=O)O)N1C(=O)N(CC(F)(F)F)C(C)C. The van der Waals surface area contributed by atoms with E-state index in [1.54, 1.807) is 6.92 Å². The number of carboxylic acid groups (broad SMARTS) is 1. The zero-order valence-electron chi connectivity index (χ0n) is 12.1. The van der Waals surface area contributed by atoms with E-state index in [2.05, 4.69) is 0 Å². The van der Waals surface area contributed by atoms with Crippen molar-refractivity contribution >= 4 is 23.8 Å². The molecule has 1 rings (SSSR count). The van der Waals surface area contributed by atoms with E-state index in [1.165, 1.54) is 25.6 Å². The maximum Gasteiger partial charge on any atom is 0.406 e. The van der Waals surface area contributed by atoms with Crippen LogP contribution in [-0.2, 0) is 4.79 Å². The molecule has 2 unspecified atom stereocenters. The normalized spacial score (nSPS) is 22.7. The number of carbonyl (C=O) groups is 2. The summed E-state index contributed by atoms with van der Waals surface area (Å²) >= 11 is 1.28. The lowest BCUT2D eigenvalue weighted by Gasteiger charge is -2.35. The number of nitrogens with zero attached hydrogens (tertiary/aromatic N) is 2. The Morgan fingerprint density at radius 1 is 1.43 bits per heavy atom. The van der Waals surface area contributed by atoms with Crippen LogP contribution in [0.1, 0.15) is 27.2 Å². The number of urea groups is 1. The van der Waals surface area contributed by atoms with Gasteiger partial charge in [0.05, 0.1) is 5.37 Å². The fraction of sp³-hybridized carbons (Fsp3) is 0.833. The fourth-order valence-electron chi connectivity index (χ4n) is 2.14. The first-order chi connectivity index (χ1) is 9.58. The minimum Gasteiger partial charge on any atom is -0.480 e. The molecule has 5 nitrogen and oxygen atoms in total.